The zero-order valence-electron chi connectivity index (χ0n) is 8.47. The second-order valence-corrected chi connectivity index (χ2v) is 3.04. The molecular weight excluding hydrogens is 248 g/mol. The van der Waals surface area contributed by atoms with Crippen molar-refractivity contribution in [1.82, 2.24) is 25.4 Å². The topological polar surface area (TPSA) is 183 Å². The van der Waals surface area contributed by atoms with E-state index in [1.807, 2.05) is 0 Å². The molecular formula is C6H4N8O4. The van der Waals surface area contributed by atoms with Crippen LogP contribution in [0.5, 0.6) is 0 Å². The number of hydrogen-bond donors (Lipinski definition) is 2. The zero-order chi connectivity index (χ0) is 12.7. The molecule has 18 heavy (non-hydrogen) atoms. The fourth-order valence-electron chi connectivity index (χ4n) is 1.25. The fraction of sp³-hybridized carbons (Fsp3) is 0. The summed E-state index contributed by atoms with van der Waals surface area (Å²) in [6, 6.07) is -0.409. The maximum absolute atomic E-state index is 11.4. The molecule has 0 saturated heterocycles. The summed E-state index contributed by atoms with van der Waals surface area (Å²) in [4.78, 5) is 7.43. The lowest BCUT2D eigenvalue weighted by molar-refractivity contribution is -0.793. The Kier molecular flexibility index (Phi) is 1.89. The average molecular weight is 252 g/mol. The molecule has 0 aliphatic heterocycles. The van der Waals surface area contributed by atoms with Crippen molar-refractivity contribution in [3.63, 3.8) is 0 Å². The van der Waals surface area contributed by atoms with Gasteiger partial charge in [0.1, 0.15) is 0 Å². The van der Waals surface area contributed by atoms with Crippen LogP contribution in [0.25, 0.3) is 23.0 Å². The first kappa shape index (κ1) is 10.0. The summed E-state index contributed by atoms with van der Waals surface area (Å²) >= 11 is 0. The molecule has 3 heterocycles. The highest BCUT2D eigenvalue weighted by molar-refractivity contribution is 5.67. The smallest absolute Gasteiger partial charge is 0.319 e. The third kappa shape index (κ3) is 1.40. The summed E-state index contributed by atoms with van der Waals surface area (Å²) in [5, 5.41) is 21.8. The highest BCUT2D eigenvalue weighted by Gasteiger charge is 2.30. The van der Waals surface area contributed by atoms with Gasteiger partial charge in [0.25, 0.3) is 17.3 Å². The molecule has 0 bridgehead atoms. The average Bonchev–Trinajstić information content (AvgIpc) is 2.99. The number of anilines is 2. The lowest BCUT2D eigenvalue weighted by Gasteiger charge is -1.88. The van der Waals surface area contributed by atoms with Crippen molar-refractivity contribution in [2.45, 2.75) is 0 Å². The van der Waals surface area contributed by atoms with Gasteiger partial charge in [0.2, 0.25) is 0 Å². The Balaban J connectivity index is 2.18. The largest absolute Gasteiger partial charge is 0.359 e. The van der Waals surface area contributed by atoms with Gasteiger partial charge in [-0.15, -0.1) is 0 Å². The van der Waals surface area contributed by atoms with Crippen molar-refractivity contribution in [1.29, 1.82) is 0 Å². The molecule has 0 fully saturated rings. The first-order valence-electron chi connectivity index (χ1n) is 4.44. The molecule has 3 rings (SSSR count). The van der Waals surface area contributed by atoms with Crippen LogP contribution in [0.4, 0.5) is 12.0 Å². The second-order valence-electron chi connectivity index (χ2n) is 3.04. The second kappa shape index (κ2) is 3.41. The molecule has 0 spiro atoms. The van der Waals surface area contributed by atoms with Crippen LogP contribution in [0.1, 0.15) is 0 Å². The first-order chi connectivity index (χ1) is 8.65. The third-order valence-corrected chi connectivity index (χ3v) is 1.92. The monoisotopic (exact) mass is 252 g/mol. The number of aromatic nitrogens is 6. The molecule has 12 nitrogen and oxygen atoms in total. The molecule has 3 aromatic rings. The molecule has 0 aliphatic rings. The van der Waals surface area contributed by atoms with Gasteiger partial charge < -0.3 is 25.7 Å². The molecule has 0 amide bonds. The zero-order valence-corrected chi connectivity index (χ0v) is 8.47. The highest BCUT2D eigenvalue weighted by atomic mass is 16.8. The predicted molar refractivity (Wildman–Crippen MR) is 50.9 cm³/mol. The van der Waals surface area contributed by atoms with E-state index >= 15 is 0 Å². The lowest BCUT2D eigenvalue weighted by atomic mass is 10.3. The van der Waals surface area contributed by atoms with Crippen LogP contribution in [0.2, 0.25) is 0 Å². The summed E-state index contributed by atoms with van der Waals surface area (Å²) in [7, 11) is 0. The molecule has 0 aromatic carbocycles. The van der Waals surface area contributed by atoms with Crippen LogP contribution >= 0.6 is 0 Å². The molecule has 92 valence electrons. The van der Waals surface area contributed by atoms with Gasteiger partial charge in [0.15, 0.2) is 0 Å². The van der Waals surface area contributed by atoms with Crippen molar-refractivity contribution in [3.05, 3.63) is 5.21 Å². The molecule has 0 radical (unpaired) electrons. The van der Waals surface area contributed by atoms with Crippen molar-refractivity contribution in [3.8, 4) is 23.0 Å². The molecule has 3 aromatic heterocycles. The standard InChI is InChI=1S/C6H4N8O4/c7-5-9-3(12-16-5)1-2(14(15)18-11-1)4-10-6(8)17-13-4/h(H2,7,9,12)(H2,8,10,13). The van der Waals surface area contributed by atoms with Gasteiger partial charge in [-0.1, -0.05) is 10.3 Å². The minimum Gasteiger partial charge on any atom is -0.359 e. The lowest BCUT2D eigenvalue weighted by Crippen LogP contribution is -2.25. The summed E-state index contributed by atoms with van der Waals surface area (Å²) in [6.45, 7) is 0. The van der Waals surface area contributed by atoms with Crippen molar-refractivity contribution in [2.24, 2.45) is 0 Å². The Bertz CT molecular complexity index is 698. The van der Waals surface area contributed by atoms with E-state index in [1.165, 1.54) is 0 Å². The van der Waals surface area contributed by atoms with Crippen LogP contribution in [-0.4, -0.2) is 25.4 Å². The van der Waals surface area contributed by atoms with Crippen LogP contribution in [0.3, 0.4) is 0 Å². The molecule has 4 N–H and O–H groups in total. The van der Waals surface area contributed by atoms with E-state index in [0.29, 0.717) is 0 Å². The maximum atomic E-state index is 11.4. The fourth-order valence-corrected chi connectivity index (χ4v) is 1.25. The minimum absolute atomic E-state index is 0.0498. The maximum Gasteiger partial charge on any atom is 0.319 e. The Hall–Kier alpha value is -3.18. The molecule has 12 heteroatoms. The SMILES string of the molecule is Nc1nc(-c2no[n+]([O-])c2-c2noc(N)n2)no1. The summed E-state index contributed by atoms with van der Waals surface area (Å²) in [5.74, 6) is -0.175. The van der Waals surface area contributed by atoms with Crippen LogP contribution in [0.15, 0.2) is 13.7 Å². The molecule has 0 atom stereocenters. The van der Waals surface area contributed by atoms with Crippen molar-refractivity contribution >= 4 is 12.0 Å². The van der Waals surface area contributed by atoms with Crippen molar-refractivity contribution < 1.29 is 18.6 Å². The Labute approximate surface area is 96.7 Å². The summed E-state index contributed by atoms with van der Waals surface area (Å²) < 4.78 is 13.5. The van der Waals surface area contributed by atoms with Gasteiger partial charge in [0, 0.05) is 0 Å². The van der Waals surface area contributed by atoms with Gasteiger partial charge in [0.05, 0.1) is 5.16 Å². The van der Waals surface area contributed by atoms with Gasteiger partial charge in [-0.25, -0.2) is 0 Å². The van der Waals surface area contributed by atoms with E-state index in [4.69, 9.17) is 11.5 Å². The number of nitrogens with zero attached hydrogens (tertiary/aromatic N) is 6. The molecule has 0 unspecified atom stereocenters. The summed E-state index contributed by atoms with van der Waals surface area (Å²) in [5.41, 5.74) is 10.3. The van der Waals surface area contributed by atoms with E-state index in [0.717, 1.165) is 0 Å². The van der Waals surface area contributed by atoms with Gasteiger partial charge in [-0.05, 0) is 4.90 Å². The van der Waals surface area contributed by atoms with Gasteiger partial charge in [-0.3, -0.25) is 4.63 Å². The number of hydrogen-bond acceptors (Lipinski definition) is 11. The highest BCUT2D eigenvalue weighted by Crippen LogP contribution is 2.24. The van der Waals surface area contributed by atoms with Crippen LogP contribution in [-0.2, 0) is 0 Å². The third-order valence-electron chi connectivity index (χ3n) is 1.92. The Morgan fingerprint density at radius 1 is 0.944 bits per heavy atom. The number of rotatable bonds is 2. The van der Waals surface area contributed by atoms with Crippen LogP contribution < -0.4 is 16.4 Å². The first-order valence-corrected chi connectivity index (χ1v) is 4.44. The van der Waals surface area contributed by atoms with E-state index in [1.54, 1.807) is 0 Å². The van der Waals surface area contributed by atoms with Crippen molar-refractivity contribution in [2.75, 3.05) is 11.5 Å². The molecule has 0 saturated carbocycles. The predicted octanol–water partition coefficient (Wildman–Crippen LogP) is -1.43. The summed E-state index contributed by atoms with van der Waals surface area (Å²) in [6.07, 6.45) is 0. The van der Waals surface area contributed by atoms with Gasteiger partial charge in [-0.2, -0.15) is 9.97 Å². The van der Waals surface area contributed by atoms with Gasteiger partial charge >= 0.3 is 17.7 Å². The number of nitrogen functional groups attached to an aromatic ring is 2. The van der Waals surface area contributed by atoms with Crippen LogP contribution in [0, 0.1) is 5.21 Å². The van der Waals surface area contributed by atoms with E-state index in [2.05, 4.69) is 39.1 Å². The van der Waals surface area contributed by atoms with E-state index in [-0.39, 0.29) is 40.0 Å². The Morgan fingerprint density at radius 2 is 1.56 bits per heavy atom. The van der Waals surface area contributed by atoms with E-state index < -0.39 is 0 Å². The number of nitrogens with two attached hydrogens (primary N) is 2. The Morgan fingerprint density at radius 3 is 2.11 bits per heavy atom. The quantitative estimate of drug-likeness (QED) is 0.509. The normalized spacial score (nSPS) is 10.9. The molecule has 0 aliphatic carbocycles. The van der Waals surface area contributed by atoms with E-state index in [9.17, 15) is 5.21 Å². The minimum atomic E-state index is -0.218.